The lowest BCUT2D eigenvalue weighted by Gasteiger charge is -2.20. The van der Waals surface area contributed by atoms with Gasteiger partial charge in [-0.15, -0.1) is 0 Å². The Labute approximate surface area is 405 Å². The van der Waals surface area contributed by atoms with Crippen molar-refractivity contribution >= 4 is 13.8 Å². The quantitative estimate of drug-likeness (QED) is 0.0236. The van der Waals surface area contributed by atoms with Gasteiger partial charge in [0.25, 0.3) is 0 Å². The molecule has 3 atom stereocenters. The largest absolute Gasteiger partial charge is 0.472 e. The molecule has 3 unspecified atom stereocenters. The molecule has 0 amide bonds. The van der Waals surface area contributed by atoms with E-state index in [4.69, 9.17) is 23.6 Å². The Morgan fingerprint density at radius 1 is 0.485 bits per heavy atom. The normalized spacial score (nSPS) is 14.3. The van der Waals surface area contributed by atoms with Gasteiger partial charge in [0.2, 0.25) is 0 Å². The van der Waals surface area contributed by atoms with Crippen LogP contribution in [-0.2, 0) is 27.9 Å². The van der Waals surface area contributed by atoms with Crippen LogP contribution in [0.15, 0.2) is 72.9 Å². The van der Waals surface area contributed by atoms with Gasteiger partial charge in [0, 0.05) is 13.0 Å². The van der Waals surface area contributed by atoms with E-state index in [2.05, 4.69) is 86.8 Å². The standard InChI is InChI=1S/C56H101O9P/c1-3-5-7-9-11-13-15-17-19-21-23-25-27-28-30-32-34-36-38-40-42-44-46-48-56(59)65-55(53-64-66(60,61)63-51-54(58)50-57)52-62-49-47-45-43-41-39-37-35-33-31-29-26-24-22-20-18-16-14-12-10-8-6-4-2/h6,8,12,14,18,20-21,23-24,26,31,33,54-55,57-58H,3-5,7,9-11,13,15-17,19,22,25,27-30,32,34-53H2,1-2H3,(H,60,61)/b8-6-,14-12-,20-18-,23-21-,26-24-,33-31-. The fraction of sp³-hybridized carbons (Fsp3) is 0.768. The summed E-state index contributed by atoms with van der Waals surface area (Å²) in [5.74, 6) is -0.389. The van der Waals surface area contributed by atoms with E-state index in [-0.39, 0.29) is 25.6 Å². The van der Waals surface area contributed by atoms with Crippen molar-refractivity contribution in [1.29, 1.82) is 0 Å². The number of rotatable bonds is 51. The van der Waals surface area contributed by atoms with E-state index < -0.39 is 33.2 Å². The highest BCUT2D eigenvalue weighted by atomic mass is 31.2. The van der Waals surface area contributed by atoms with Crippen molar-refractivity contribution in [3.05, 3.63) is 72.9 Å². The molecule has 0 fully saturated rings. The molecule has 0 spiro atoms. The number of phosphoric acid groups is 1. The van der Waals surface area contributed by atoms with Crippen LogP contribution in [0.1, 0.15) is 232 Å². The van der Waals surface area contributed by atoms with E-state index >= 15 is 0 Å². The lowest BCUT2D eigenvalue weighted by Crippen LogP contribution is -2.29. The van der Waals surface area contributed by atoms with Crippen LogP contribution >= 0.6 is 7.82 Å². The van der Waals surface area contributed by atoms with Crippen molar-refractivity contribution < 1.29 is 43.0 Å². The van der Waals surface area contributed by atoms with Gasteiger partial charge in [0.05, 0.1) is 26.4 Å². The second-order valence-corrected chi connectivity index (χ2v) is 19.3. The van der Waals surface area contributed by atoms with Crippen LogP contribution in [0.3, 0.4) is 0 Å². The molecule has 0 aromatic carbocycles. The van der Waals surface area contributed by atoms with Crippen LogP contribution in [0, 0.1) is 0 Å². The first-order chi connectivity index (χ1) is 32.3. The molecule has 0 aliphatic carbocycles. The Balaban J connectivity index is 4.09. The van der Waals surface area contributed by atoms with Gasteiger partial charge in [-0.2, -0.15) is 0 Å². The minimum atomic E-state index is -4.53. The molecule has 3 N–H and O–H groups in total. The molecule has 0 saturated heterocycles. The van der Waals surface area contributed by atoms with Gasteiger partial charge in [-0.05, 0) is 83.5 Å². The maximum atomic E-state index is 12.7. The van der Waals surface area contributed by atoms with E-state index in [1.807, 2.05) is 0 Å². The van der Waals surface area contributed by atoms with Gasteiger partial charge in [0.1, 0.15) is 12.2 Å². The Bertz CT molecular complexity index is 1260. The highest BCUT2D eigenvalue weighted by Crippen LogP contribution is 2.43. The van der Waals surface area contributed by atoms with Crippen LogP contribution in [0.2, 0.25) is 0 Å². The first-order valence-electron chi connectivity index (χ1n) is 26.9. The molecule has 0 radical (unpaired) electrons. The zero-order chi connectivity index (χ0) is 48.1. The second-order valence-electron chi connectivity index (χ2n) is 17.9. The number of esters is 1. The Morgan fingerprint density at radius 3 is 1.32 bits per heavy atom. The number of carbonyl (C=O) groups is 1. The van der Waals surface area contributed by atoms with Crippen molar-refractivity contribution in [2.45, 2.75) is 244 Å². The number of hydrogen-bond acceptors (Lipinski definition) is 8. The van der Waals surface area contributed by atoms with Crippen molar-refractivity contribution in [2.75, 3.05) is 33.0 Å². The molecule has 0 aliphatic rings. The van der Waals surface area contributed by atoms with E-state index in [0.717, 1.165) is 77.0 Å². The summed E-state index contributed by atoms with van der Waals surface area (Å²) in [6.45, 7) is 3.39. The zero-order valence-electron chi connectivity index (χ0n) is 42.4. The monoisotopic (exact) mass is 949 g/mol. The zero-order valence-corrected chi connectivity index (χ0v) is 43.3. The highest BCUT2D eigenvalue weighted by Gasteiger charge is 2.26. The van der Waals surface area contributed by atoms with Gasteiger partial charge < -0.3 is 24.6 Å². The maximum Gasteiger partial charge on any atom is 0.472 e. The minimum absolute atomic E-state index is 0.0364. The molecule has 9 nitrogen and oxygen atoms in total. The predicted molar refractivity (Wildman–Crippen MR) is 279 cm³/mol. The number of aliphatic hydroxyl groups excluding tert-OH is 2. The molecule has 0 heterocycles. The molecule has 384 valence electrons. The summed E-state index contributed by atoms with van der Waals surface area (Å²) in [4.78, 5) is 22.7. The van der Waals surface area contributed by atoms with Crippen LogP contribution in [0.4, 0.5) is 0 Å². The first kappa shape index (κ1) is 63.9. The number of allylic oxidation sites excluding steroid dienone is 12. The first-order valence-corrected chi connectivity index (χ1v) is 28.4. The van der Waals surface area contributed by atoms with E-state index in [1.54, 1.807) is 0 Å². The molecule has 0 bridgehead atoms. The van der Waals surface area contributed by atoms with Crippen molar-refractivity contribution in [3.8, 4) is 0 Å². The summed E-state index contributed by atoms with van der Waals surface area (Å²) in [6.07, 6.45) is 64.4. The smallest absolute Gasteiger partial charge is 0.457 e. The molecular formula is C56H101O9P. The van der Waals surface area contributed by atoms with Crippen LogP contribution in [0.25, 0.3) is 0 Å². The van der Waals surface area contributed by atoms with Gasteiger partial charge >= 0.3 is 13.8 Å². The molecule has 10 heteroatoms. The van der Waals surface area contributed by atoms with Crippen LogP contribution < -0.4 is 0 Å². The maximum absolute atomic E-state index is 12.7. The number of carbonyl (C=O) groups excluding carboxylic acids is 1. The minimum Gasteiger partial charge on any atom is -0.457 e. The van der Waals surface area contributed by atoms with Gasteiger partial charge in [0.15, 0.2) is 0 Å². The molecule has 0 aromatic rings. The Kier molecular flexibility index (Phi) is 50.6. The topological polar surface area (TPSA) is 132 Å². The number of unbranched alkanes of at least 4 members (excludes halogenated alkanes) is 25. The van der Waals surface area contributed by atoms with Crippen molar-refractivity contribution in [3.63, 3.8) is 0 Å². The van der Waals surface area contributed by atoms with Gasteiger partial charge in [-0.3, -0.25) is 13.8 Å². The Hall–Kier alpha value is -2.10. The van der Waals surface area contributed by atoms with E-state index in [9.17, 15) is 19.4 Å². The predicted octanol–water partition coefficient (Wildman–Crippen LogP) is 16.0. The van der Waals surface area contributed by atoms with Crippen LogP contribution in [-0.4, -0.2) is 66.3 Å². The lowest BCUT2D eigenvalue weighted by molar-refractivity contribution is -0.154. The van der Waals surface area contributed by atoms with Gasteiger partial charge in [-0.1, -0.05) is 215 Å². The number of ether oxygens (including phenoxy) is 2. The van der Waals surface area contributed by atoms with Gasteiger partial charge in [-0.25, -0.2) is 4.57 Å². The molecule has 0 aliphatic heterocycles. The fourth-order valence-electron chi connectivity index (χ4n) is 7.32. The number of aliphatic hydroxyl groups is 2. The summed E-state index contributed by atoms with van der Waals surface area (Å²) in [5.41, 5.74) is 0. The number of phosphoric ester groups is 1. The summed E-state index contributed by atoms with van der Waals surface area (Å²) in [7, 11) is -4.53. The summed E-state index contributed by atoms with van der Waals surface area (Å²) >= 11 is 0. The van der Waals surface area contributed by atoms with Crippen molar-refractivity contribution in [1.82, 2.24) is 0 Å². The average Bonchev–Trinajstić information content (AvgIpc) is 3.31. The summed E-state index contributed by atoms with van der Waals surface area (Å²) in [6, 6.07) is 0. The van der Waals surface area contributed by atoms with E-state index in [1.165, 1.54) is 135 Å². The second kappa shape index (κ2) is 52.3. The summed E-state index contributed by atoms with van der Waals surface area (Å²) < 4.78 is 33.6. The molecule has 66 heavy (non-hydrogen) atoms. The fourth-order valence-corrected chi connectivity index (χ4v) is 8.11. The average molecular weight is 949 g/mol. The molecule has 0 aromatic heterocycles. The van der Waals surface area contributed by atoms with E-state index in [0.29, 0.717) is 6.61 Å². The third-order valence-corrected chi connectivity index (χ3v) is 12.3. The SMILES string of the molecule is CC/C=C\C/C=C\C/C=C\C/C=C\C/C=C\CCCCCCCCOCC(COP(=O)(O)OCC(O)CO)OC(=O)CCCCCCCCCCCCC/C=C\CCCCCCCCCC. The third-order valence-electron chi connectivity index (χ3n) is 11.4. The third kappa shape index (κ3) is 51.3. The molecule has 0 rings (SSSR count). The summed E-state index contributed by atoms with van der Waals surface area (Å²) in [5, 5.41) is 18.4. The molecule has 0 saturated carbocycles. The van der Waals surface area contributed by atoms with Crippen LogP contribution in [0.5, 0.6) is 0 Å². The molecular weight excluding hydrogens is 848 g/mol. The highest BCUT2D eigenvalue weighted by molar-refractivity contribution is 7.47. The number of hydrogen-bond donors (Lipinski definition) is 3. The lowest BCUT2D eigenvalue weighted by atomic mass is 10.0. The Morgan fingerprint density at radius 2 is 0.864 bits per heavy atom. The van der Waals surface area contributed by atoms with Crippen molar-refractivity contribution in [2.24, 2.45) is 0 Å².